The van der Waals surface area contributed by atoms with E-state index in [2.05, 4.69) is 5.32 Å². The number of nitrogens with one attached hydrogen (secondary N) is 1. The third-order valence-electron chi connectivity index (χ3n) is 5.77. The van der Waals surface area contributed by atoms with Gasteiger partial charge in [0.2, 0.25) is 0 Å². The van der Waals surface area contributed by atoms with E-state index in [1.807, 2.05) is 29.2 Å². The second kappa shape index (κ2) is 7.26. The zero-order valence-corrected chi connectivity index (χ0v) is 16.2. The van der Waals surface area contributed by atoms with Gasteiger partial charge in [0.1, 0.15) is 11.4 Å². The molecule has 5 rings (SSSR count). The van der Waals surface area contributed by atoms with Gasteiger partial charge in [-0.25, -0.2) is 4.39 Å². The molecule has 0 aliphatic carbocycles. The van der Waals surface area contributed by atoms with E-state index in [4.69, 9.17) is 4.42 Å². The molecular weight excluding hydrogens is 375 g/mol. The van der Waals surface area contributed by atoms with Crippen molar-refractivity contribution in [3.05, 3.63) is 65.7 Å². The number of hydrogen-bond acceptors (Lipinski definition) is 4. The Labute approximate surface area is 167 Å². The standard InChI is InChI=1S/C22H21FN2O2S/c23-16-5-7-17(8-6-16)28-13-19-18-3-1-2-4-20(18)27-21(19)22(26)25-11-14-9-24-10-15(14)12-25/h1-8,14-15,24H,9-13H2/t14-,15+. The third-order valence-corrected chi connectivity index (χ3v) is 6.80. The molecule has 2 fully saturated rings. The summed E-state index contributed by atoms with van der Waals surface area (Å²) in [7, 11) is 0. The number of halogens is 1. The summed E-state index contributed by atoms with van der Waals surface area (Å²) in [6.07, 6.45) is 0. The Morgan fingerprint density at radius 1 is 1.11 bits per heavy atom. The lowest BCUT2D eigenvalue weighted by atomic mass is 10.0. The number of thioether (sulfide) groups is 1. The lowest BCUT2D eigenvalue weighted by Gasteiger charge is -2.16. The average Bonchev–Trinajstić information content (AvgIpc) is 3.40. The Kier molecular flexibility index (Phi) is 4.61. The van der Waals surface area contributed by atoms with Gasteiger partial charge in [-0.3, -0.25) is 4.79 Å². The minimum atomic E-state index is -0.247. The summed E-state index contributed by atoms with van der Waals surface area (Å²) in [6, 6.07) is 14.2. The highest BCUT2D eigenvalue weighted by Gasteiger charge is 2.39. The van der Waals surface area contributed by atoms with Gasteiger partial charge in [-0.2, -0.15) is 0 Å². The Morgan fingerprint density at radius 2 is 1.82 bits per heavy atom. The van der Waals surface area contributed by atoms with Crippen LogP contribution >= 0.6 is 11.8 Å². The van der Waals surface area contributed by atoms with Crippen LogP contribution in [0.2, 0.25) is 0 Å². The summed E-state index contributed by atoms with van der Waals surface area (Å²) in [6.45, 7) is 3.56. The first-order valence-electron chi connectivity index (χ1n) is 9.58. The van der Waals surface area contributed by atoms with Crippen LogP contribution in [0, 0.1) is 17.7 Å². The smallest absolute Gasteiger partial charge is 0.289 e. The van der Waals surface area contributed by atoms with E-state index in [-0.39, 0.29) is 11.7 Å². The maximum atomic E-state index is 13.3. The molecule has 2 saturated heterocycles. The van der Waals surface area contributed by atoms with Crippen LogP contribution in [0.15, 0.2) is 57.8 Å². The van der Waals surface area contributed by atoms with E-state index in [1.165, 1.54) is 12.1 Å². The van der Waals surface area contributed by atoms with Crippen LogP contribution in [0.3, 0.4) is 0 Å². The van der Waals surface area contributed by atoms with Crippen molar-refractivity contribution >= 4 is 28.6 Å². The maximum absolute atomic E-state index is 13.3. The van der Waals surface area contributed by atoms with Crippen LogP contribution in [0.1, 0.15) is 16.1 Å². The number of benzene rings is 2. The third kappa shape index (κ3) is 3.20. The first-order chi connectivity index (χ1) is 13.7. The predicted octanol–water partition coefficient (Wildman–Crippen LogP) is 4.16. The van der Waals surface area contributed by atoms with Gasteiger partial charge in [0, 0.05) is 47.8 Å². The van der Waals surface area contributed by atoms with Crippen LogP contribution in [-0.2, 0) is 5.75 Å². The van der Waals surface area contributed by atoms with Crippen molar-refractivity contribution in [3.8, 4) is 0 Å². The normalized spacial score (nSPS) is 21.4. The topological polar surface area (TPSA) is 45.5 Å². The number of hydrogen-bond donors (Lipinski definition) is 1. The number of para-hydroxylation sites is 1. The lowest BCUT2D eigenvalue weighted by molar-refractivity contribution is 0.0751. The molecule has 0 bridgehead atoms. The number of carbonyl (C=O) groups is 1. The first-order valence-corrected chi connectivity index (χ1v) is 10.6. The SMILES string of the molecule is O=C(c1oc2ccccc2c1CSc1ccc(F)cc1)N1C[C@H]2CNC[C@H]2C1. The van der Waals surface area contributed by atoms with Gasteiger partial charge in [0.25, 0.3) is 5.91 Å². The van der Waals surface area contributed by atoms with E-state index in [1.54, 1.807) is 23.9 Å². The van der Waals surface area contributed by atoms with Gasteiger partial charge < -0.3 is 14.6 Å². The largest absolute Gasteiger partial charge is 0.451 e. The Hall–Kier alpha value is -2.31. The minimum absolute atomic E-state index is 0.0136. The second-order valence-corrected chi connectivity index (χ2v) is 8.59. The fraction of sp³-hybridized carbons (Fsp3) is 0.318. The fourth-order valence-corrected chi connectivity index (χ4v) is 5.19. The van der Waals surface area contributed by atoms with E-state index in [0.717, 1.165) is 47.6 Å². The van der Waals surface area contributed by atoms with Crippen LogP contribution in [0.5, 0.6) is 0 Å². The van der Waals surface area contributed by atoms with E-state index < -0.39 is 0 Å². The molecule has 6 heteroatoms. The predicted molar refractivity (Wildman–Crippen MR) is 108 cm³/mol. The molecule has 2 aliphatic heterocycles. The number of nitrogens with zero attached hydrogens (tertiary/aromatic N) is 1. The molecular formula is C22H21FN2O2S. The number of furan rings is 1. The van der Waals surface area contributed by atoms with Crippen LogP contribution in [0.4, 0.5) is 4.39 Å². The molecule has 1 amide bonds. The summed E-state index contributed by atoms with van der Waals surface area (Å²) in [5, 5.41) is 4.38. The molecule has 144 valence electrons. The van der Waals surface area contributed by atoms with Gasteiger partial charge in [-0.1, -0.05) is 18.2 Å². The summed E-state index contributed by atoms with van der Waals surface area (Å²) >= 11 is 1.59. The van der Waals surface area contributed by atoms with E-state index >= 15 is 0 Å². The fourth-order valence-electron chi connectivity index (χ4n) is 4.27. The van der Waals surface area contributed by atoms with Gasteiger partial charge in [0.05, 0.1) is 0 Å². The highest BCUT2D eigenvalue weighted by Crippen LogP contribution is 2.34. The van der Waals surface area contributed by atoms with Crippen molar-refractivity contribution in [2.24, 2.45) is 11.8 Å². The van der Waals surface area contributed by atoms with Crippen molar-refractivity contribution in [3.63, 3.8) is 0 Å². The number of fused-ring (bicyclic) bond motifs is 2. The van der Waals surface area contributed by atoms with Gasteiger partial charge in [-0.15, -0.1) is 11.8 Å². The zero-order chi connectivity index (χ0) is 19.1. The molecule has 2 atom stereocenters. The zero-order valence-electron chi connectivity index (χ0n) is 15.4. The Morgan fingerprint density at radius 3 is 2.57 bits per heavy atom. The lowest BCUT2D eigenvalue weighted by Crippen LogP contribution is -2.32. The Bertz CT molecular complexity index is 1010. The summed E-state index contributed by atoms with van der Waals surface area (Å²) in [5.74, 6) is 1.88. The number of rotatable bonds is 4. The molecule has 0 spiro atoms. The maximum Gasteiger partial charge on any atom is 0.289 e. The molecule has 3 heterocycles. The van der Waals surface area contributed by atoms with Crippen molar-refractivity contribution in [2.75, 3.05) is 26.2 Å². The van der Waals surface area contributed by atoms with E-state index in [9.17, 15) is 9.18 Å². The molecule has 0 unspecified atom stereocenters. The van der Waals surface area contributed by atoms with Crippen molar-refractivity contribution in [2.45, 2.75) is 10.6 Å². The average molecular weight is 396 g/mol. The van der Waals surface area contributed by atoms with Gasteiger partial charge in [0.15, 0.2) is 5.76 Å². The molecule has 2 aliphatic rings. The summed E-state index contributed by atoms with van der Waals surface area (Å²) in [5.41, 5.74) is 1.66. The second-order valence-electron chi connectivity index (χ2n) is 7.54. The van der Waals surface area contributed by atoms with Crippen molar-refractivity contribution < 1.29 is 13.6 Å². The van der Waals surface area contributed by atoms with Gasteiger partial charge in [-0.05, 0) is 42.2 Å². The van der Waals surface area contributed by atoms with E-state index in [0.29, 0.717) is 23.3 Å². The molecule has 1 aromatic heterocycles. The quantitative estimate of drug-likeness (QED) is 0.673. The highest BCUT2D eigenvalue weighted by atomic mass is 32.2. The number of likely N-dealkylation sites (tertiary alicyclic amines) is 1. The van der Waals surface area contributed by atoms with Crippen LogP contribution in [-0.4, -0.2) is 37.0 Å². The highest BCUT2D eigenvalue weighted by molar-refractivity contribution is 7.98. The molecule has 0 saturated carbocycles. The number of amides is 1. The van der Waals surface area contributed by atoms with Crippen LogP contribution in [0.25, 0.3) is 11.0 Å². The van der Waals surface area contributed by atoms with Crippen molar-refractivity contribution in [1.29, 1.82) is 0 Å². The number of carbonyl (C=O) groups excluding carboxylic acids is 1. The summed E-state index contributed by atoms with van der Waals surface area (Å²) < 4.78 is 19.2. The molecule has 3 aromatic rings. The minimum Gasteiger partial charge on any atom is -0.451 e. The molecule has 28 heavy (non-hydrogen) atoms. The van der Waals surface area contributed by atoms with Crippen LogP contribution < -0.4 is 5.32 Å². The first kappa shape index (κ1) is 17.8. The molecule has 1 N–H and O–H groups in total. The molecule has 2 aromatic carbocycles. The Balaban J connectivity index is 1.43. The van der Waals surface area contributed by atoms with Crippen molar-refractivity contribution in [1.82, 2.24) is 10.2 Å². The molecule has 0 radical (unpaired) electrons. The monoisotopic (exact) mass is 396 g/mol. The van der Waals surface area contributed by atoms with Gasteiger partial charge >= 0.3 is 0 Å². The molecule has 4 nitrogen and oxygen atoms in total. The summed E-state index contributed by atoms with van der Waals surface area (Å²) in [4.78, 5) is 16.2.